The number of hydrogen-bond donors (Lipinski definition) is 2. The minimum absolute atomic E-state index is 0.0973. The second kappa shape index (κ2) is 13.5. The number of hydrazine groups is 1. The van der Waals surface area contributed by atoms with Crippen molar-refractivity contribution in [2.45, 2.75) is 48.9 Å². The molecule has 1 aliphatic rings. The average Bonchev–Trinajstić information content (AvgIpc) is 3.55. The molecule has 0 unspecified atom stereocenters. The summed E-state index contributed by atoms with van der Waals surface area (Å²) in [5.74, 6) is 6.85. The Morgan fingerprint density at radius 3 is 2.57 bits per heavy atom. The second-order valence-electron chi connectivity index (χ2n) is 11.3. The van der Waals surface area contributed by atoms with Gasteiger partial charge in [-0.1, -0.05) is 23.7 Å². The summed E-state index contributed by atoms with van der Waals surface area (Å²) in [5.41, 5.74) is 1.86. The molecule has 2 amide bonds. The summed E-state index contributed by atoms with van der Waals surface area (Å²) in [7, 11) is -1.04. The molecule has 13 heteroatoms. The number of sulfone groups is 1. The van der Waals surface area contributed by atoms with Crippen molar-refractivity contribution in [3.8, 4) is 5.75 Å². The summed E-state index contributed by atoms with van der Waals surface area (Å²) in [4.78, 5) is 32.7. The molecular formula is C33H36ClN5O6S. The molecule has 5 rings (SSSR count). The third-order valence-corrected chi connectivity index (χ3v) is 10.7. The number of fused-ring (bicyclic) bond motifs is 1. The van der Waals surface area contributed by atoms with Crippen LogP contribution >= 0.6 is 11.6 Å². The number of likely N-dealkylation sites (tertiary alicyclic amines) is 1. The number of nitrogens with one attached hydrogen (secondary N) is 1. The first-order valence-electron chi connectivity index (χ1n) is 14.7. The van der Waals surface area contributed by atoms with Gasteiger partial charge in [0, 0.05) is 30.0 Å². The molecule has 2 heterocycles. The van der Waals surface area contributed by atoms with Gasteiger partial charge in [0.05, 0.1) is 41.1 Å². The van der Waals surface area contributed by atoms with Crippen molar-refractivity contribution < 1.29 is 27.5 Å². The van der Waals surface area contributed by atoms with Gasteiger partial charge in [-0.2, -0.15) is 0 Å². The molecule has 3 aromatic carbocycles. The van der Waals surface area contributed by atoms with Crippen LogP contribution in [-0.4, -0.2) is 56.3 Å². The van der Waals surface area contributed by atoms with E-state index in [4.69, 9.17) is 26.9 Å². The number of ether oxygens (including phenoxy) is 2. The molecule has 0 aliphatic carbocycles. The van der Waals surface area contributed by atoms with Gasteiger partial charge < -0.3 is 14.4 Å². The van der Waals surface area contributed by atoms with E-state index in [0.717, 1.165) is 10.8 Å². The van der Waals surface area contributed by atoms with Crippen molar-refractivity contribution in [1.82, 2.24) is 9.88 Å². The van der Waals surface area contributed by atoms with Crippen LogP contribution in [0, 0.1) is 0 Å². The third-order valence-electron chi connectivity index (χ3n) is 8.19. The predicted molar refractivity (Wildman–Crippen MR) is 178 cm³/mol. The molecule has 4 aromatic rings. The lowest BCUT2D eigenvalue weighted by atomic mass is 10.00. The topological polar surface area (TPSA) is 144 Å². The zero-order chi connectivity index (χ0) is 33.2. The van der Waals surface area contributed by atoms with Crippen molar-refractivity contribution in [3.05, 3.63) is 89.2 Å². The fourth-order valence-electron chi connectivity index (χ4n) is 5.73. The van der Waals surface area contributed by atoms with Gasteiger partial charge in [0.15, 0.2) is 9.84 Å². The van der Waals surface area contributed by atoms with Crippen molar-refractivity contribution >= 4 is 55.6 Å². The number of carbonyl (C=O) groups is 2. The number of nitrogens with two attached hydrogens (primary N) is 1. The molecule has 1 saturated heterocycles. The van der Waals surface area contributed by atoms with E-state index in [-0.39, 0.29) is 10.8 Å². The number of pyridine rings is 1. The van der Waals surface area contributed by atoms with Gasteiger partial charge in [0.2, 0.25) is 0 Å². The largest absolute Gasteiger partial charge is 0.495 e. The molecule has 46 heavy (non-hydrogen) atoms. The van der Waals surface area contributed by atoms with E-state index in [1.165, 1.54) is 31.4 Å². The number of carbonyl (C=O) groups excluding carboxylic acids is 2. The van der Waals surface area contributed by atoms with E-state index in [9.17, 15) is 18.0 Å². The number of hydrogen-bond acceptors (Lipinski definition) is 9. The Labute approximate surface area is 273 Å². The van der Waals surface area contributed by atoms with Gasteiger partial charge in [-0.05, 0) is 91.7 Å². The molecule has 0 spiro atoms. The number of methoxy groups -OCH3 is 2. The lowest BCUT2D eigenvalue weighted by Gasteiger charge is -2.35. The molecule has 0 bridgehead atoms. The Hall–Kier alpha value is -4.39. The van der Waals surface area contributed by atoms with E-state index in [2.05, 4.69) is 10.3 Å². The van der Waals surface area contributed by atoms with Crippen molar-refractivity contribution in [1.29, 1.82) is 0 Å². The number of rotatable bonds is 9. The monoisotopic (exact) mass is 665 g/mol. The number of benzene rings is 3. The average molecular weight is 666 g/mol. The molecule has 242 valence electrons. The molecule has 0 saturated carbocycles. The molecule has 1 aliphatic heterocycles. The van der Waals surface area contributed by atoms with Gasteiger partial charge in [-0.15, -0.1) is 0 Å². The van der Waals surface area contributed by atoms with Crippen LogP contribution in [0.1, 0.15) is 49.9 Å². The summed E-state index contributed by atoms with van der Waals surface area (Å²) in [6, 6.07) is 15.4. The van der Waals surface area contributed by atoms with E-state index in [1.54, 1.807) is 55.4 Å². The Morgan fingerprint density at radius 2 is 1.85 bits per heavy atom. The molecule has 1 aromatic heterocycles. The highest BCUT2D eigenvalue weighted by atomic mass is 35.5. The van der Waals surface area contributed by atoms with Crippen LogP contribution in [0.4, 0.5) is 16.2 Å². The quantitative estimate of drug-likeness (QED) is 0.161. The normalized spacial score (nSPS) is 15.5. The van der Waals surface area contributed by atoms with Gasteiger partial charge in [0.25, 0.3) is 5.91 Å². The summed E-state index contributed by atoms with van der Waals surface area (Å²) in [6.07, 6.45) is 3.84. The number of aromatic nitrogens is 1. The van der Waals surface area contributed by atoms with Crippen molar-refractivity contribution in [3.63, 3.8) is 0 Å². The molecule has 0 radical (unpaired) electrons. The maximum Gasteiger partial charge on any atom is 0.411 e. The molecule has 3 N–H and O–H groups in total. The van der Waals surface area contributed by atoms with Crippen LogP contribution in [0.5, 0.6) is 5.75 Å². The minimum atomic E-state index is -3.76. The van der Waals surface area contributed by atoms with Crippen molar-refractivity contribution in [2.75, 3.05) is 31.1 Å². The van der Waals surface area contributed by atoms with Crippen LogP contribution in [0.3, 0.4) is 0 Å². The fourth-order valence-corrected chi connectivity index (χ4v) is 7.21. The number of anilines is 2. The SMILES string of the molecule is COC(=O)Nc1ccc(S(=O)(=O)C(C)C)c([C@H]2CCCN2C(=O)[C@@H](c2ccc(Cl)c(OC)c2)N(N)c2ccc3cnccc3c2)c1. The lowest BCUT2D eigenvalue weighted by Crippen LogP contribution is -2.46. The van der Waals surface area contributed by atoms with Gasteiger partial charge >= 0.3 is 6.09 Å². The van der Waals surface area contributed by atoms with Crippen LogP contribution in [0.25, 0.3) is 10.8 Å². The van der Waals surface area contributed by atoms with Gasteiger partial charge in [0.1, 0.15) is 11.8 Å². The van der Waals surface area contributed by atoms with E-state index >= 15 is 0 Å². The highest BCUT2D eigenvalue weighted by Crippen LogP contribution is 2.41. The highest BCUT2D eigenvalue weighted by molar-refractivity contribution is 7.92. The first-order chi connectivity index (χ1) is 22.0. The maximum absolute atomic E-state index is 14.8. The summed E-state index contributed by atoms with van der Waals surface area (Å²) in [6.45, 7) is 3.57. The van der Waals surface area contributed by atoms with Crippen LogP contribution < -0.4 is 20.9 Å². The Balaban J connectivity index is 1.62. The van der Waals surface area contributed by atoms with E-state index < -0.39 is 33.3 Å². The fraction of sp³-hybridized carbons (Fsp3) is 0.303. The Bertz CT molecular complexity index is 1890. The number of amides is 2. The molecule has 1 fully saturated rings. The minimum Gasteiger partial charge on any atom is -0.495 e. The Kier molecular flexibility index (Phi) is 9.71. The lowest BCUT2D eigenvalue weighted by molar-refractivity contribution is -0.133. The molecule has 11 nitrogen and oxygen atoms in total. The van der Waals surface area contributed by atoms with Gasteiger partial charge in [-0.3, -0.25) is 20.1 Å². The first kappa shape index (κ1) is 33.0. The van der Waals surface area contributed by atoms with E-state index in [1.807, 2.05) is 24.3 Å². The zero-order valence-electron chi connectivity index (χ0n) is 25.9. The zero-order valence-corrected chi connectivity index (χ0v) is 27.5. The summed E-state index contributed by atoms with van der Waals surface area (Å²) >= 11 is 6.35. The molecular weight excluding hydrogens is 630 g/mol. The standard InChI is InChI=1S/C33H36ClN5O6S/c1-20(2)46(42,43)30-12-9-24(37-33(41)45-4)18-26(30)28-6-5-15-38(28)32(40)31(22-8-11-27(34)29(17-22)44-3)39(35)25-10-7-23-19-36-14-13-21(23)16-25/h7-14,16-20,28,31H,5-6,15,35H2,1-4H3,(H,37,41)/t28-,31-/m1/s1. The molecule has 2 atom stereocenters. The first-order valence-corrected chi connectivity index (χ1v) is 16.6. The van der Waals surface area contributed by atoms with Crippen LogP contribution in [0.2, 0.25) is 5.02 Å². The summed E-state index contributed by atoms with van der Waals surface area (Å²) < 4.78 is 37.3. The second-order valence-corrected chi connectivity index (χ2v) is 14.1. The highest BCUT2D eigenvalue weighted by Gasteiger charge is 2.40. The van der Waals surface area contributed by atoms with E-state index in [0.29, 0.717) is 52.7 Å². The maximum atomic E-state index is 14.8. The number of halogens is 1. The summed E-state index contributed by atoms with van der Waals surface area (Å²) in [5, 5.41) is 5.47. The third kappa shape index (κ3) is 6.46. The van der Waals surface area contributed by atoms with Crippen LogP contribution in [0.15, 0.2) is 78.0 Å². The number of nitrogens with zero attached hydrogens (tertiary/aromatic N) is 3. The Morgan fingerprint density at radius 1 is 1.07 bits per heavy atom. The predicted octanol–water partition coefficient (Wildman–Crippen LogP) is 6.04. The van der Waals surface area contributed by atoms with Gasteiger partial charge in [-0.25, -0.2) is 19.1 Å². The van der Waals surface area contributed by atoms with Crippen molar-refractivity contribution in [2.24, 2.45) is 5.84 Å². The van der Waals surface area contributed by atoms with Crippen LogP contribution in [-0.2, 0) is 19.4 Å². The smallest absolute Gasteiger partial charge is 0.411 e.